The summed E-state index contributed by atoms with van der Waals surface area (Å²) in [6.07, 6.45) is 6.32. The lowest BCUT2D eigenvalue weighted by molar-refractivity contribution is 0.737. The zero-order valence-electron chi connectivity index (χ0n) is 13.7. The number of pyridine rings is 1. The van der Waals surface area contributed by atoms with E-state index in [1.165, 1.54) is 18.4 Å². The lowest BCUT2D eigenvalue weighted by atomic mass is 10.2. The van der Waals surface area contributed by atoms with Crippen molar-refractivity contribution in [2.75, 3.05) is 0 Å². The maximum atomic E-state index is 4.69. The Balaban J connectivity index is 1.98. The van der Waals surface area contributed by atoms with Crippen molar-refractivity contribution in [1.82, 2.24) is 14.8 Å². The topological polar surface area (TPSA) is 30.7 Å². The van der Waals surface area contributed by atoms with Gasteiger partial charge in [0.05, 0.1) is 11.1 Å². The molecule has 3 heteroatoms. The zero-order chi connectivity index (χ0) is 16.1. The van der Waals surface area contributed by atoms with Crippen LogP contribution in [0, 0.1) is 18.8 Å². The molecule has 3 nitrogen and oxygen atoms in total. The Morgan fingerprint density at radius 3 is 2.70 bits per heavy atom. The first kappa shape index (κ1) is 15.3. The Kier molecular flexibility index (Phi) is 4.73. The Morgan fingerprint density at radius 1 is 1.09 bits per heavy atom. The van der Waals surface area contributed by atoms with Crippen LogP contribution in [0.2, 0.25) is 0 Å². The molecule has 0 amide bonds. The summed E-state index contributed by atoms with van der Waals surface area (Å²) in [6, 6.07) is 12.3. The van der Waals surface area contributed by atoms with E-state index in [1.54, 1.807) is 6.20 Å². The number of rotatable bonds is 4. The minimum Gasteiger partial charge on any atom is -0.236 e. The molecule has 0 N–H and O–H groups in total. The summed E-state index contributed by atoms with van der Waals surface area (Å²) in [7, 11) is 0. The number of unbranched alkanes of at least 4 members (excludes halogenated alkanes) is 3. The van der Waals surface area contributed by atoms with E-state index in [-0.39, 0.29) is 0 Å². The molecule has 0 atom stereocenters. The Labute approximate surface area is 137 Å². The molecule has 2 heterocycles. The largest absolute Gasteiger partial charge is 0.236 e. The van der Waals surface area contributed by atoms with Crippen LogP contribution in [0.15, 0.2) is 42.6 Å². The first-order valence-electron chi connectivity index (χ1n) is 8.19. The molecule has 0 radical (unpaired) electrons. The smallest absolute Gasteiger partial charge is 0.164 e. The van der Waals surface area contributed by atoms with Crippen LogP contribution in [0.4, 0.5) is 0 Å². The quantitative estimate of drug-likeness (QED) is 0.518. The zero-order valence-corrected chi connectivity index (χ0v) is 13.7. The van der Waals surface area contributed by atoms with Crippen LogP contribution in [0.25, 0.3) is 16.7 Å². The normalized spacial score (nSPS) is 10.5. The van der Waals surface area contributed by atoms with E-state index in [4.69, 9.17) is 0 Å². The van der Waals surface area contributed by atoms with E-state index < -0.39 is 0 Å². The van der Waals surface area contributed by atoms with Gasteiger partial charge in [0.25, 0.3) is 0 Å². The number of fused-ring (bicyclic) bond motifs is 1. The number of hydrogen-bond donors (Lipinski definition) is 0. The minimum atomic E-state index is 0.810. The van der Waals surface area contributed by atoms with Crippen molar-refractivity contribution in [3.63, 3.8) is 0 Å². The summed E-state index contributed by atoms with van der Waals surface area (Å²) in [6.45, 7) is 4.28. The Morgan fingerprint density at radius 2 is 1.91 bits per heavy atom. The average molecular weight is 303 g/mol. The number of nitrogens with zero attached hydrogens (tertiary/aromatic N) is 3. The second-order valence-corrected chi connectivity index (χ2v) is 5.73. The number of aryl methyl sites for hydroxylation is 1. The monoisotopic (exact) mass is 303 g/mol. The van der Waals surface area contributed by atoms with Crippen LogP contribution >= 0.6 is 0 Å². The van der Waals surface area contributed by atoms with Gasteiger partial charge in [0, 0.05) is 12.6 Å². The third kappa shape index (κ3) is 3.43. The number of benzene rings is 1. The summed E-state index contributed by atoms with van der Waals surface area (Å²) in [5.74, 6) is 6.48. The third-order valence-electron chi connectivity index (χ3n) is 3.83. The molecule has 0 saturated carbocycles. The molecule has 0 saturated heterocycles. The van der Waals surface area contributed by atoms with Crippen molar-refractivity contribution < 1.29 is 0 Å². The molecule has 0 aliphatic heterocycles. The van der Waals surface area contributed by atoms with Crippen LogP contribution in [0.5, 0.6) is 0 Å². The first-order chi connectivity index (χ1) is 11.3. The highest BCUT2D eigenvalue weighted by Crippen LogP contribution is 2.20. The third-order valence-corrected chi connectivity index (χ3v) is 3.83. The fraction of sp³-hybridized carbons (Fsp3) is 0.300. The van der Waals surface area contributed by atoms with Gasteiger partial charge in [-0.05, 0) is 43.5 Å². The number of aromatic nitrogens is 3. The molecule has 3 aromatic rings. The fourth-order valence-electron chi connectivity index (χ4n) is 2.52. The van der Waals surface area contributed by atoms with Gasteiger partial charge >= 0.3 is 0 Å². The van der Waals surface area contributed by atoms with Crippen molar-refractivity contribution in [2.24, 2.45) is 0 Å². The lowest BCUT2D eigenvalue weighted by Gasteiger charge is -2.02. The van der Waals surface area contributed by atoms with E-state index >= 15 is 0 Å². The summed E-state index contributed by atoms with van der Waals surface area (Å²) >= 11 is 0. The minimum absolute atomic E-state index is 0.810. The van der Waals surface area contributed by atoms with Gasteiger partial charge in [0.2, 0.25) is 0 Å². The summed E-state index contributed by atoms with van der Waals surface area (Å²) in [4.78, 5) is 4.49. The maximum absolute atomic E-state index is 4.69. The SMILES string of the molecule is CCCCCC#Cc1nn(-c2ccc(C)cc2)c2ncccc12. The molecule has 1 aromatic carbocycles. The van der Waals surface area contributed by atoms with Crippen LogP contribution in [-0.4, -0.2) is 14.8 Å². The predicted molar refractivity (Wildman–Crippen MR) is 94.6 cm³/mol. The van der Waals surface area contributed by atoms with Gasteiger partial charge in [-0.25, -0.2) is 9.67 Å². The van der Waals surface area contributed by atoms with E-state index in [0.29, 0.717) is 0 Å². The van der Waals surface area contributed by atoms with Crippen molar-refractivity contribution in [3.05, 3.63) is 53.9 Å². The van der Waals surface area contributed by atoms with Gasteiger partial charge in [-0.15, -0.1) is 0 Å². The van der Waals surface area contributed by atoms with Crippen molar-refractivity contribution in [3.8, 4) is 17.5 Å². The molecule has 0 unspecified atom stereocenters. The molecular weight excluding hydrogens is 282 g/mol. The predicted octanol–water partition coefficient (Wildman–Crippen LogP) is 4.66. The molecule has 23 heavy (non-hydrogen) atoms. The van der Waals surface area contributed by atoms with E-state index in [1.807, 2.05) is 16.8 Å². The molecule has 0 aliphatic rings. The van der Waals surface area contributed by atoms with E-state index in [9.17, 15) is 0 Å². The maximum Gasteiger partial charge on any atom is 0.164 e. The van der Waals surface area contributed by atoms with Gasteiger partial charge in [-0.2, -0.15) is 5.10 Å². The summed E-state index contributed by atoms with van der Waals surface area (Å²) in [5, 5.41) is 5.70. The van der Waals surface area contributed by atoms with Crippen LogP contribution in [-0.2, 0) is 0 Å². The molecule has 0 bridgehead atoms. The van der Waals surface area contributed by atoms with Crippen molar-refractivity contribution in [2.45, 2.75) is 39.5 Å². The molecular formula is C20H21N3. The molecule has 0 spiro atoms. The lowest BCUT2D eigenvalue weighted by Crippen LogP contribution is -1.97. The van der Waals surface area contributed by atoms with E-state index in [0.717, 1.165) is 35.3 Å². The molecule has 116 valence electrons. The fourth-order valence-corrected chi connectivity index (χ4v) is 2.52. The molecule has 2 aromatic heterocycles. The average Bonchev–Trinajstić information content (AvgIpc) is 2.94. The summed E-state index contributed by atoms with van der Waals surface area (Å²) in [5.41, 5.74) is 3.91. The van der Waals surface area contributed by atoms with Crippen LogP contribution in [0.3, 0.4) is 0 Å². The second-order valence-electron chi connectivity index (χ2n) is 5.73. The van der Waals surface area contributed by atoms with Gasteiger partial charge in [0.15, 0.2) is 5.65 Å². The van der Waals surface area contributed by atoms with Gasteiger partial charge in [-0.3, -0.25) is 0 Å². The molecule has 3 rings (SSSR count). The van der Waals surface area contributed by atoms with Crippen LogP contribution in [0.1, 0.15) is 43.9 Å². The van der Waals surface area contributed by atoms with Crippen molar-refractivity contribution in [1.29, 1.82) is 0 Å². The Hall–Kier alpha value is -2.60. The Bertz CT molecular complexity index is 848. The van der Waals surface area contributed by atoms with Crippen molar-refractivity contribution >= 4 is 11.0 Å². The number of hydrogen-bond acceptors (Lipinski definition) is 2. The highest BCUT2D eigenvalue weighted by molar-refractivity contribution is 5.82. The molecule has 0 aliphatic carbocycles. The molecule has 0 fully saturated rings. The van der Waals surface area contributed by atoms with Gasteiger partial charge in [0.1, 0.15) is 5.69 Å². The van der Waals surface area contributed by atoms with Crippen LogP contribution < -0.4 is 0 Å². The standard InChI is InChI=1S/C20H21N3/c1-3-4-5-6-7-10-19-18-9-8-15-21-20(18)23(22-19)17-13-11-16(2)12-14-17/h8-9,11-15H,3-6H2,1-2H3. The first-order valence-corrected chi connectivity index (χ1v) is 8.19. The highest BCUT2D eigenvalue weighted by atomic mass is 15.3. The summed E-state index contributed by atoms with van der Waals surface area (Å²) < 4.78 is 1.88. The van der Waals surface area contributed by atoms with Gasteiger partial charge in [-0.1, -0.05) is 43.4 Å². The van der Waals surface area contributed by atoms with E-state index in [2.05, 4.69) is 60.0 Å². The highest BCUT2D eigenvalue weighted by Gasteiger charge is 2.10. The van der Waals surface area contributed by atoms with Gasteiger partial charge < -0.3 is 0 Å². The second kappa shape index (κ2) is 7.11.